The molecule has 2 aliphatic rings. The zero-order chi connectivity index (χ0) is 11.8. The SMILES string of the molecule is CC1CCC(=O)C(CC2CCC(C)(C)O2)C1. The Balaban J connectivity index is 1.87. The van der Waals surface area contributed by atoms with Crippen LogP contribution < -0.4 is 0 Å². The van der Waals surface area contributed by atoms with Crippen LogP contribution in [-0.2, 0) is 9.53 Å². The molecule has 1 aliphatic carbocycles. The molecule has 0 radical (unpaired) electrons. The lowest BCUT2D eigenvalue weighted by atomic mass is 9.78. The van der Waals surface area contributed by atoms with Crippen molar-refractivity contribution >= 4 is 5.78 Å². The van der Waals surface area contributed by atoms with Crippen LogP contribution in [0.15, 0.2) is 0 Å². The number of carbonyl (C=O) groups excluding carboxylic acids is 1. The average molecular weight is 224 g/mol. The van der Waals surface area contributed by atoms with Gasteiger partial charge in [0.05, 0.1) is 11.7 Å². The predicted octanol–water partition coefficient (Wildman–Crippen LogP) is 3.34. The van der Waals surface area contributed by atoms with E-state index >= 15 is 0 Å². The maximum Gasteiger partial charge on any atom is 0.136 e. The summed E-state index contributed by atoms with van der Waals surface area (Å²) in [7, 11) is 0. The topological polar surface area (TPSA) is 26.3 Å². The van der Waals surface area contributed by atoms with Crippen LogP contribution in [0.5, 0.6) is 0 Å². The fraction of sp³-hybridized carbons (Fsp3) is 0.929. The number of hydrogen-bond acceptors (Lipinski definition) is 2. The molecule has 0 aromatic heterocycles. The normalized spacial score (nSPS) is 38.9. The molecule has 1 heterocycles. The lowest BCUT2D eigenvalue weighted by molar-refractivity contribution is -0.127. The van der Waals surface area contributed by atoms with E-state index in [4.69, 9.17) is 4.74 Å². The van der Waals surface area contributed by atoms with Crippen molar-refractivity contribution < 1.29 is 9.53 Å². The van der Waals surface area contributed by atoms with Crippen LogP contribution in [0, 0.1) is 11.8 Å². The Bertz CT molecular complexity index is 270. The minimum atomic E-state index is 0.0357. The van der Waals surface area contributed by atoms with Gasteiger partial charge in [0, 0.05) is 12.3 Å². The van der Waals surface area contributed by atoms with E-state index in [1.165, 1.54) is 0 Å². The van der Waals surface area contributed by atoms with Crippen molar-refractivity contribution in [1.29, 1.82) is 0 Å². The summed E-state index contributed by atoms with van der Waals surface area (Å²) < 4.78 is 5.98. The largest absolute Gasteiger partial charge is 0.372 e. The van der Waals surface area contributed by atoms with Crippen molar-refractivity contribution in [2.24, 2.45) is 11.8 Å². The summed E-state index contributed by atoms with van der Waals surface area (Å²) in [5, 5.41) is 0. The molecule has 0 bridgehead atoms. The van der Waals surface area contributed by atoms with Crippen LogP contribution in [0.1, 0.15) is 59.3 Å². The second-order valence-corrected chi connectivity index (χ2v) is 6.32. The molecule has 0 spiro atoms. The van der Waals surface area contributed by atoms with Crippen molar-refractivity contribution in [2.75, 3.05) is 0 Å². The van der Waals surface area contributed by atoms with E-state index in [-0.39, 0.29) is 11.5 Å². The van der Waals surface area contributed by atoms with E-state index in [0.717, 1.165) is 44.4 Å². The molecular formula is C14H24O2. The first-order chi connectivity index (χ1) is 7.46. The molecule has 2 fully saturated rings. The van der Waals surface area contributed by atoms with E-state index in [0.29, 0.717) is 11.9 Å². The zero-order valence-corrected chi connectivity index (χ0v) is 10.8. The minimum absolute atomic E-state index is 0.0357. The van der Waals surface area contributed by atoms with Crippen LogP contribution in [0.4, 0.5) is 0 Å². The maximum atomic E-state index is 11.8. The van der Waals surface area contributed by atoms with Crippen molar-refractivity contribution in [2.45, 2.75) is 71.0 Å². The fourth-order valence-electron chi connectivity index (χ4n) is 3.12. The Labute approximate surface area is 98.7 Å². The number of ether oxygens (including phenoxy) is 1. The van der Waals surface area contributed by atoms with Gasteiger partial charge < -0.3 is 4.74 Å². The van der Waals surface area contributed by atoms with Crippen molar-refractivity contribution in [3.63, 3.8) is 0 Å². The third kappa shape index (κ3) is 2.85. The Morgan fingerprint density at radius 3 is 2.75 bits per heavy atom. The van der Waals surface area contributed by atoms with Gasteiger partial charge in [-0.1, -0.05) is 6.92 Å². The van der Waals surface area contributed by atoms with Crippen LogP contribution in [-0.4, -0.2) is 17.5 Å². The summed E-state index contributed by atoms with van der Waals surface area (Å²) >= 11 is 0. The molecule has 3 unspecified atom stereocenters. The molecular weight excluding hydrogens is 200 g/mol. The molecule has 2 heteroatoms. The molecule has 0 amide bonds. The first kappa shape index (κ1) is 12.1. The van der Waals surface area contributed by atoms with Gasteiger partial charge in [0.2, 0.25) is 0 Å². The van der Waals surface area contributed by atoms with Gasteiger partial charge in [0.1, 0.15) is 5.78 Å². The van der Waals surface area contributed by atoms with Crippen molar-refractivity contribution in [1.82, 2.24) is 0 Å². The highest BCUT2D eigenvalue weighted by atomic mass is 16.5. The lowest BCUT2D eigenvalue weighted by Gasteiger charge is -2.28. The van der Waals surface area contributed by atoms with Gasteiger partial charge in [0.25, 0.3) is 0 Å². The molecule has 16 heavy (non-hydrogen) atoms. The second-order valence-electron chi connectivity index (χ2n) is 6.32. The molecule has 0 aromatic carbocycles. The smallest absolute Gasteiger partial charge is 0.136 e. The highest BCUT2D eigenvalue weighted by Crippen LogP contribution is 2.36. The number of Topliss-reactive ketones (excluding diaryl/α,β-unsaturated/α-hetero) is 1. The third-order valence-electron chi connectivity index (χ3n) is 4.13. The van der Waals surface area contributed by atoms with Gasteiger partial charge in [0.15, 0.2) is 0 Å². The summed E-state index contributed by atoms with van der Waals surface area (Å²) in [6.07, 6.45) is 6.52. The van der Waals surface area contributed by atoms with Gasteiger partial charge in [-0.15, -0.1) is 0 Å². The standard InChI is InChI=1S/C14H24O2/c1-10-4-5-13(15)11(8-10)9-12-6-7-14(2,3)16-12/h10-12H,4-9H2,1-3H3. The molecule has 0 aromatic rings. The summed E-state index contributed by atoms with van der Waals surface area (Å²) in [6.45, 7) is 6.56. The van der Waals surface area contributed by atoms with Gasteiger partial charge in [-0.3, -0.25) is 4.79 Å². The van der Waals surface area contributed by atoms with Gasteiger partial charge in [-0.05, 0) is 51.9 Å². The zero-order valence-electron chi connectivity index (χ0n) is 10.8. The molecule has 2 nitrogen and oxygen atoms in total. The van der Waals surface area contributed by atoms with E-state index in [1.807, 2.05) is 0 Å². The lowest BCUT2D eigenvalue weighted by Crippen LogP contribution is -2.28. The third-order valence-corrected chi connectivity index (χ3v) is 4.13. The van der Waals surface area contributed by atoms with Gasteiger partial charge in [-0.25, -0.2) is 0 Å². The summed E-state index contributed by atoms with van der Waals surface area (Å²) in [4.78, 5) is 11.8. The van der Waals surface area contributed by atoms with Crippen molar-refractivity contribution in [3.05, 3.63) is 0 Å². The second kappa shape index (κ2) is 4.48. The average Bonchev–Trinajstić information content (AvgIpc) is 2.52. The monoisotopic (exact) mass is 224 g/mol. The minimum Gasteiger partial charge on any atom is -0.372 e. The van der Waals surface area contributed by atoms with Crippen LogP contribution in [0.3, 0.4) is 0 Å². The fourth-order valence-corrected chi connectivity index (χ4v) is 3.12. The van der Waals surface area contributed by atoms with E-state index in [1.54, 1.807) is 0 Å². The first-order valence-electron chi connectivity index (χ1n) is 6.67. The molecule has 3 atom stereocenters. The van der Waals surface area contributed by atoms with Crippen LogP contribution in [0.25, 0.3) is 0 Å². The predicted molar refractivity (Wildman–Crippen MR) is 64.3 cm³/mol. The quantitative estimate of drug-likeness (QED) is 0.719. The number of ketones is 1. The number of rotatable bonds is 2. The summed E-state index contributed by atoms with van der Waals surface area (Å²) in [5.74, 6) is 1.48. The first-order valence-corrected chi connectivity index (χ1v) is 6.67. The van der Waals surface area contributed by atoms with E-state index in [2.05, 4.69) is 20.8 Å². The van der Waals surface area contributed by atoms with Gasteiger partial charge >= 0.3 is 0 Å². The summed E-state index contributed by atoms with van der Waals surface area (Å²) in [5.41, 5.74) is 0.0357. The van der Waals surface area contributed by atoms with E-state index in [9.17, 15) is 4.79 Å². The molecule has 2 rings (SSSR count). The molecule has 92 valence electrons. The van der Waals surface area contributed by atoms with Gasteiger partial charge in [-0.2, -0.15) is 0 Å². The number of carbonyl (C=O) groups is 1. The highest BCUT2D eigenvalue weighted by Gasteiger charge is 2.35. The molecule has 1 saturated carbocycles. The number of hydrogen-bond donors (Lipinski definition) is 0. The molecule has 1 saturated heterocycles. The molecule has 0 N–H and O–H groups in total. The van der Waals surface area contributed by atoms with Crippen LogP contribution in [0.2, 0.25) is 0 Å². The Kier molecular flexibility index (Phi) is 3.39. The Hall–Kier alpha value is -0.370. The highest BCUT2D eigenvalue weighted by molar-refractivity contribution is 5.81. The maximum absolute atomic E-state index is 11.8. The van der Waals surface area contributed by atoms with E-state index < -0.39 is 0 Å². The summed E-state index contributed by atoms with van der Waals surface area (Å²) in [6, 6.07) is 0. The van der Waals surface area contributed by atoms with Crippen molar-refractivity contribution in [3.8, 4) is 0 Å². The van der Waals surface area contributed by atoms with Crippen LogP contribution >= 0.6 is 0 Å². The Morgan fingerprint density at radius 2 is 2.12 bits per heavy atom. The molecule has 1 aliphatic heterocycles. The Morgan fingerprint density at radius 1 is 1.38 bits per heavy atom.